The maximum Gasteiger partial charge on any atom is 0.135 e. The summed E-state index contributed by atoms with van der Waals surface area (Å²) in [5.41, 5.74) is 3.27. The average molecular weight is 342 g/mol. The quantitative estimate of drug-likeness (QED) is 0.563. The predicted octanol–water partition coefficient (Wildman–Crippen LogP) is 5.63. The highest BCUT2D eigenvalue weighted by Gasteiger charge is 2.33. The second-order valence-corrected chi connectivity index (χ2v) is 6.82. The third kappa shape index (κ3) is 1.94. The van der Waals surface area contributed by atoms with Crippen LogP contribution in [0.15, 0.2) is 55.1 Å². The smallest absolute Gasteiger partial charge is 0.135 e. The maximum atomic E-state index is 11.0. The molecule has 1 heterocycles. The molecule has 5 rings (SSSR count). The maximum absolute atomic E-state index is 11.0. The van der Waals surface area contributed by atoms with Crippen molar-refractivity contribution in [2.45, 2.75) is 18.8 Å². The van der Waals surface area contributed by atoms with Crippen LogP contribution in [0.4, 0.5) is 0 Å². The normalized spacial score (nSPS) is 17.2. The summed E-state index contributed by atoms with van der Waals surface area (Å²) in [6.45, 7) is 3.96. The molecule has 3 heteroatoms. The summed E-state index contributed by atoms with van der Waals surface area (Å²) in [5.74, 6) is 1.35. The molecule has 3 nitrogen and oxygen atoms in total. The molecule has 0 aromatic heterocycles. The molecule has 1 atom stereocenters. The lowest BCUT2D eigenvalue weighted by molar-refractivity contribution is 0.410. The van der Waals surface area contributed by atoms with Crippen molar-refractivity contribution in [3.63, 3.8) is 0 Å². The van der Waals surface area contributed by atoms with Crippen LogP contribution in [0.5, 0.6) is 23.0 Å². The molecule has 1 aliphatic heterocycles. The van der Waals surface area contributed by atoms with E-state index in [0.29, 0.717) is 22.6 Å². The van der Waals surface area contributed by atoms with Gasteiger partial charge in [-0.05, 0) is 35.9 Å². The van der Waals surface area contributed by atoms with Gasteiger partial charge in [-0.1, -0.05) is 42.5 Å². The van der Waals surface area contributed by atoms with Gasteiger partial charge in [0.15, 0.2) is 0 Å². The largest absolute Gasteiger partial charge is 0.507 e. The van der Waals surface area contributed by atoms with Gasteiger partial charge in [0.2, 0.25) is 0 Å². The number of benzene rings is 3. The van der Waals surface area contributed by atoms with Crippen LogP contribution in [0.25, 0.3) is 16.8 Å². The number of allylic oxidation sites excluding steroid dienone is 2. The molecule has 0 amide bonds. The first-order chi connectivity index (χ1) is 12.7. The molecule has 3 aromatic rings. The van der Waals surface area contributed by atoms with Crippen LogP contribution in [0.1, 0.15) is 34.6 Å². The number of rotatable bonds is 1. The SMILES string of the molecule is C=CC1c2c(cc3c(c2O)CCC=C3)Oc2cc3ccccc3c(O)c21. The third-order valence-electron chi connectivity index (χ3n) is 5.40. The van der Waals surface area contributed by atoms with E-state index in [1.165, 1.54) is 0 Å². The van der Waals surface area contributed by atoms with E-state index in [9.17, 15) is 10.2 Å². The van der Waals surface area contributed by atoms with Crippen LogP contribution < -0.4 is 4.74 Å². The van der Waals surface area contributed by atoms with Crippen LogP contribution in [0.3, 0.4) is 0 Å². The summed E-state index contributed by atoms with van der Waals surface area (Å²) >= 11 is 0. The number of phenolic OH excluding ortho intramolecular Hbond substituents is 2. The molecule has 2 aliphatic rings. The third-order valence-corrected chi connectivity index (χ3v) is 5.40. The molecule has 0 spiro atoms. The monoisotopic (exact) mass is 342 g/mol. The minimum Gasteiger partial charge on any atom is -0.507 e. The van der Waals surface area contributed by atoms with Crippen molar-refractivity contribution in [3.8, 4) is 23.0 Å². The fraction of sp³-hybridized carbons (Fsp3) is 0.130. The molecule has 0 saturated heterocycles. The highest BCUT2D eigenvalue weighted by Crippen LogP contribution is 2.54. The van der Waals surface area contributed by atoms with E-state index in [0.717, 1.165) is 34.7 Å². The van der Waals surface area contributed by atoms with Crippen molar-refractivity contribution >= 4 is 16.8 Å². The molecule has 1 aliphatic carbocycles. The number of fused-ring (bicyclic) bond motifs is 4. The summed E-state index contributed by atoms with van der Waals surface area (Å²) in [4.78, 5) is 0. The molecule has 1 unspecified atom stereocenters. The molecule has 2 N–H and O–H groups in total. The highest BCUT2D eigenvalue weighted by molar-refractivity contribution is 5.92. The topological polar surface area (TPSA) is 49.7 Å². The van der Waals surface area contributed by atoms with Crippen molar-refractivity contribution in [1.29, 1.82) is 0 Å². The summed E-state index contributed by atoms with van der Waals surface area (Å²) < 4.78 is 6.14. The Bertz CT molecular complexity index is 1110. The fourth-order valence-corrected chi connectivity index (χ4v) is 4.16. The van der Waals surface area contributed by atoms with Crippen LogP contribution in [-0.4, -0.2) is 10.2 Å². The van der Waals surface area contributed by atoms with Crippen LogP contribution in [0, 0.1) is 0 Å². The first-order valence-corrected chi connectivity index (χ1v) is 8.79. The summed E-state index contributed by atoms with van der Waals surface area (Å²) in [6.07, 6.45) is 7.60. The van der Waals surface area contributed by atoms with Gasteiger partial charge in [0.05, 0.1) is 0 Å². The Morgan fingerprint density at radius 2 is 1.81 bits per heavy atom. The van der Waals surface area contributed by atoms with Crippen LogP contribution >= 0.6 is 0 Å². The van der Waals surface area contributed by atoms with Gasteiger partial charge in [0.25, 0.3) is 0 Å². The predicted molar refractivity (Wildman–Crippen MR) is 103 cm³/mol. The molecule has 0 fully saturated rings. The first-order valence-electron chi connectivity index (χ1n) is 8.79. The Balaban J connectivity index is 1.82. The minimum atomic E-state index is -0.324. The van der Waals surface area contributed by atoms with Gasteiger partial charge in [0, 0.05) is 28.0 Å². The van der Waals surface area contributed by atoms with Crippen molar-refractivity contribution in [2.75, 3.05) is 0 Å². The highest BCUT2D eigenvalue weighted by atomic mass is 16.5. The molecule has 26 heavy (non-hydrogen) atoms. The van der Waals surface area contributed by atoms with E-state index in [-0.39, 0.29) is 17.4 Å². The van der Waals surface area contributed by atoms with E-state index in [1.807, 2.05) is 42.5 Å². The molecule has 0 bridgehead atoms. The second kappa shape index (κ2) is 5.40. The Morgan fingerprint density at radius 3 is 2.65 bits per heavy atom. The van der Waals surface area contributed by atoms with Crippen molar-refractivity contribution in [1.82, 2.24) is 0 Å². The number of aromatic hydroxyl groups is 2. The van der Waals surface area contributed by atoms with Gasteiger partial charge in [0.1, 0.15) is 23.0 Å². The van der Waals surface area contributed by atoms with E-state index in [2.05, 4.69) is 12.7 Å². The molecular weight excluding hydrogens is 324 g/mol. The lowest BCUT2D eigenvalue weighted by Gasteiger charge is -2.30. The van der Waals surface area contributed by atoms with Crippen molar-refractivity contribution in [2.24, 2.45) is 0 Å². The standard InChI is InChI=1S/C23H18O3/c1-2-15-20-18(11-13-7-3-5-9-16(13)22(20)24)26-19-12-14-8-4-6-10-17(14)23(25)21(15)19/h2-5,7-9,11-12,15,24-25H,1,6,10H2. The molecule has 3 aromatic carbocycles. The Kier molecular flexibility index (Phi) is 3.13. The number of hydrogen-bond acceptors (Lipinski definition) is 3. The number of phenols is 2. The number of ether oxygens (including phenoxy) is 1. The minimum absolute atomic E-state index is 0.186. The first kappa shape index (κ1) is 15.1. The van der Waals surface area contributed by atoms with Gasteiger partial charge < -0.3 is 14.9 Å². The molecule has 128 valence electrons. The van der Waals surface area contributed by atoms with Gasteiger partial charge in [-0.15, -0.1) is 6.58 Å². The molecule has 0 saturated carbocycles. The summed E-state index contributed by atoms with van der Waals surface area (Å²) in [5, 5.41) is 23.6. The van der Waals surface area contributed by atoms with Gasteiger partial charge in [-0.25, -0.2) is 0 Å². The Hall–Kier alpha value is -3.20. The average Bonchev–Trinajstić information content (AvgIpc) is 2.67. The lowest BCUT2D eigenvalue weighted by atomic mass is 9.82. The van der Waals surface area contributed by atoms with E-state index < -0.39 is 0 Å². The van der Waals surface area contributed by atoms with E-state index in [4.69, 9.17) is 4.74 Å². The zero-order valence-corrected chi connectivity index (χ0v) is 14.2. The zero-order chi connectivity index (χ0) is 17.8. The van der Waals surface area contributed by atoms with Crippen LogP contribution in [0.2, 0.25) is 0 Å². The summed E-state index contributed by atoms with van der Waals surface area (Å²) in [6, 6.07) is 11.6. The molecular formula is C23H18O3. The second-order valence-electron chi connectivity index (χ2n) is 6.82. The van der Waals surface area contributed by atoms with Crippen molar-refractivity contribution < 1.29 is 14.9 Å². The van der Waals surface area contributed by atoms with E-state index in [1.54, 1.807) is 6.08 Å². The Labute approximate surface area is 151 Å². The van der Waals surface area contributed by atoms with Gasteiger partial charge in [-0.3, -0.25) is 0 Å². The number of hydrogen-bond donors (Lipinski definition) is 2. The van der Waals surface area contributed by atoms with Crippen molar-refractivity contribution in [3.05, 3.63) is 77.4 Å². The van der Waals surface area contributed by atoms with Crippen LogP contribution in [-0.2, 0) is 6.42 Å². The Morgan fingerprint density at radius 1 is 1.04 bits per heavy atom. The van der Waals surface area contributed by atoms with Gasteiger partial charge in [-0.2, -0.15) is 0 Å². The lowest BCUT2D eigenvalue weighted by Crippen LogP contribution is -2.11. The summed E-state index contributed by atoms with van der Waals surface area (Å²) in [7, 11) is 0. The molecule has 0 radical (unpaired) electrons. The zero-order valence-electron chi connectivity index (χ0n) is 14.2. The van der Waals surface area contributed by atoms with Gasteiger partial charge >= 0.3 is 0 Å². The fourth-order valence-electron chi connectivity index (χ4n) is 4.16. The van der Waals surface area contributed by atoms with E-state index >= 15 is 0 Å².